The number of halogens is 1. The lowest BCUT2D eigenvalue weighted by molar-refractivity contribution is -0.149. The number of carbonyl (C=O) groups excluding carboxylic acids is 2. The number of hydrogen-bond donors (Lipinski definition) is 2. The Kier molecular flexibility index (Phi) is 5.82. The molecule has 2 aromatic carbocycles. The quantitative estimate of drug-likeness (QED) is 0.598. The molecule has 3 aromatic rings. The molecule has 0 radical (unpaired) electrons. The summed E-state index contributed by atoms with van der Waals surface area (Å²) in [5, 5.41) is 15.7. The average molecular weight is 395 g/mol. The van der Waals surface area contributed by atoms with Crippen molar-refractivity contribution in [3.05, 3.63) is 83.4 Å². The summed E-state index contributed by atoms with van der Waals surface area (Å²) in [4.78, 5) is 36.2. The van der Waals surface area contributed by atoms with Gasteiger partial charge < -0.3 is 10.4 Å². The van der Waals surface area contributed by atoms with Crippen LogP contribution in [0.25, 0.3) is 5.69 Å². The van der Waals surface area contributed by atoms with Gasteiger partial charge in [0, 0.05) is 6.42 Å². The van der Waals surface area contributed by atoms with Crippen LogP contribution in [0.2, 0.25) is 0 Å². The molecule has 8 heteroatoms. The zero-order valence-electron chi connectivity index (χ0n) is 15.5. The molecule has 0 saturated heterocycles. The molecule has 7 nitrogen and oxygen atoms in total. The first-order chi connectivity index (χ1) is 13.9. The number of aliphatic carboxylic acids is 1. The van der Waals surface area contributed by atoms with Gasteiger partial charge in [0.05, 0.1) is 5.69 Å². The van der Waals surface area contributed by atoms with E-state index in [9.17, 15) is 18.8 Å². The third-order valence-corrected chi connectivity index (χ3v) is 4.26. The monoisotopic (exact) mass is 395 g/mol. The van der Waals surface area contributed by atoms with Crippen LogP contribution in [0, 0.1) is 12.7 Å². The Morgan fingerprint density at radius 1 is 1.10 bits per heavy atom. The minimum Gasteiger partial charge on any atom is -0.475 e. The number of para-hydroxylation sites is 1. The fourth-order valence-electron chi connectivity index (χ4n) is 2.91. The van der Waals surface area contributed by atoms with Gasteiger partial charge in [-0.05, 0) is 30.7 Å². The zero-order valence-corrected chi connectivity index (χ0v) is 15.5. The first kappa shape index (κ1) is 19.9. The fourth-order valence-corrected chi connectivity index (χ4v) is 2.91. The molecule has 0 saturated carbocycles. The highest BCUT2D eigenvalue weighted by Gasteiger charge is 2.28. The van der Waals surface area contributed by atoms with E-state index < -0.39 is 29.5 Å². The molecule has 0 spiro atoms. The van der Waals surface area contributed by atoms with E-state index >= 15 is 0 Å². The Labute approximate surface area is 165 Å². The maximum Gasteiger partial charge on any atom is 0.374 e. The van der Waals surface area contributed by atoms with Crippen LogP contribution in [0.4, 0.5) is 4.39 Å². The lowest BCUT2D eigenvalue weighted by Crippen LogP contribution is -2.45. The highest BCUT2D eigenvalue weighted by Crippen LogP contribution is 2.16. The van der Waals surface area contributed by atoms with Crippen molar-refractivity contribution in [2.75, 3.05) is 0 Å². The number of carbonyl (C=O) groups is 3. The smallest absolute Gasteiger partial charge is 0.374 e. The third kappa shape index (κ3) is 4.55. The number of nitrogens with one attached hydrogen (secondary N) is 1. The second kappa shape index (κ2) is 8.47. The molecule has 1 heterocycles. The number of aryl methyl sites for hydroxylation is 1. The van der Waals surface area contributed by atoms with Gasteiger partial charge in [-0.25, -0.2) is 13.9 Å². The second-order valence-electron chi connectivity index (χ2n) is 6.42. The van der Waals surface area contributed by atoms with E-state index in [2.05, 4.69) is 10.4 Å². The minimum absolute atomic E-state index is 0.00449. The number of Topliss-reactive ketones (excluding diaryl/α,β-unsaturated/α-hetero) is 1. The first-order valence-corrected chi connectivity index (χ1v) is 8.80. The molecule has 1 atom stereocenters. The Bertz CT molecular complexity index is 1060. The molecular weight excluding hydrogens is 377 g/mol. The minimum atomic E-state index is -1.65. The molecule has 29 heavy (non-hydrogen) atoms. The van der Waals surface area contributed by atoms with Crippen LogP contribution in [0.15, 0.2) is 60.7 Å². The van der Waals surface area contributed by atoms with Gasteiger partial charge in [0.1, 0.15) is 23.2 Å². The van der Waals surface area contributed by atoms with E-state index in [1.807, 2.05) is 0 Å². The van der Waals surface area contributed by atoms with Gasteiger partial charge in [0.2, 0.25) is 0 Å². The Balaban J connectivity index is 1.91. The summed E-state index contributed by atoms with van der Waals surface area (Å²) in [7, 11) is 0. The number of carboxylic acids is 1. The molecule has 0 aliphatic heterocycles. The van der Waals surface area contributed by atoms with Crippen molar-refractivity contribution >= 4 is 17.7 Å². The van der Waals surface area contributed by atoms with Crippen molar-refractivity contribution in [3.63, 3.8) is 0 Å². The molecule has 0 bridgehead atoms. The van der Waals surface area contributed by atoms with Gasteiger partial charge in [0.25, 0.3) is 11.7 Å². The molecular formula is C21H18FN3O4. The van der Waals surface area contributed by atoms with Crippen LogP contribution in [0.3, 0.4) is 0 Å². The van der Waals surface area contributed by atoms with Crippen LogP contribution in [-0.2, 0) is 16.0 Å². The van der Waals surface area contributed by atoms with Crippen molar-refractivity contribution in [2.24, 2.45) is 0 Å². The molecule has 148 valence electrons. The summed E-state index contributed by atoms with van der Waals surface area (Å²) < 4.78 is 15.3. The largest absolute Gasteiger partial charge is 0.475 e. The van der Waals surface area contributed by atoms with E-state index in [1.54, 1.807) is 43.3 Å². The van der Waals surface area contributed by atoms with Gasteiger partial charge in [-0.3, -0.25) is 9.59 Å². The topological polar surface area (TPSA) is 101 Å². The van der Waals surface area contributed by atoms with Crippen LogP contribution in [0.5, 0.6) is 0 Å². The Morgan fingerprint density at radius 2 is 1.76 bits per heavy atom. The van der Waals surface area contributed by atoms with Crippen molar-refractivity contribution in [3.8, 4) is 5.69 Å². The molecule has 0 aliphatic carbocycles. The molecule has 0 fully saturated rings. The Morgan fingerprint density at radius 3 is 2.41 bits per heavy atom. The maximum atomic E-state index is 14.2. The first-order valence-electron chi connectivity index (χ1n) is 8.80. The van der Waals surface area contributed by atoms with E-state index in [0.29, 0.717) is 11.3 Å². The van der Waals surface area contributed by atoms with Gasteiger partial charge >= 0.3 is 5.97 Å². The standard InChI is InChI=1S/C21H18FN3O4/c1-13-11-18(25(24-13)17-10-6-5-9-15(17)22)20(27)23-16(19(26)21(28)29)12-14-7-3-2-4-8-14/h2-11,16H,12H2,1H3,(H,23,27)(H,28,29). The lowest BCUT2D eigenvalue weighted by atomic mass is 10.0. The van der Waals surface area contributed by atoms with Crippen LogP contribution in [0.1, 0.15) is 21.7 Å². The Hall–Kier alpha value is -3.81. The van der Waals surface area contributed by atoms with E-state index in [4.69, 9.17) is 5.11 Å². The van der Waals surface area contributed by atoms with Crippen molar-refractivity contribution < 1.29 is 23.9 Å². The maximum absolute atomic E-state index is 14.2. The summed E-state index contributed by atoms with van der Waals surface area (Å²) in [6.45, 7) is 1.64. The highest BCUT2D eigenvalue weighted by molar-refractivity contribution is 6.35. The number of ketones is 1. The molecule has 1 unspecified atom stereocenters. The number of amides is 1. The van der Waals surface area contributed by atoms with E-state index in [0.717, 1.165) is 4.68 Å². The lowest BCUT2D eigenvalue weighted by Gasteiger charge is -2.16. The van der Waals surface area contributed by atoms with E-state index in [-0.39, 0.29) is 17.8 Å². The number of rotatable bonds is 7. The number of benzene rings is 2. The zero-order chi connectivity index (χ0) is 21.0. The van der Waals surface area contributed by atoms with Gasteiger partial charge in [0.15, 0.2) is 0 Å². The van der Waals surface area contributed by atoms with Crippen molar-refractivity contribution in [1.29, 1.82) is 0 Å². The predicted molar refractivity (Wildman–Crippen MR) is 102 cm³/mol. The average Bonchev–Trinajstić information content (AvgIpc) is 3.09. The van der Waals surface area contributed by atoms with Gasteiger partial charge in [-0.1, -0.05) is 42.5 Å². The normalized spacial score (nSPS) is 11.7. The fraction of sp³-hybridized carbons (Fsp3) is 0.143. The van der Waals surface area contributed by atoms with E-state index in [1.165, 1.54) is 24.3 Å². The summed E-state index contributed by atoms with van der Waals surface area (Å²) >= 11 is 0. The van der Waals surface area contributed by atoms with Crippen LogP contribution < -0.4 is 5.32 Å². The van der Waals surface area contributed by atoms with Crippen molar-refractivity contribution in [2.45, 2.75) is 19.4 Å². The molecule has 2 N–H and O–H groups in total. The number of aromatic nitrogens is 2. The molecule has 0 aliphatic rings. The summed E-state index contributed by atoms with van der Waals surface area (Å²) in [5.74, 6) is -4.10. The summed E-state index contributed by atoms with van der Waals surface area (Å²) in [6, 6.07) is 14.7. The summed E-state index contributed by atoms with van der Waals surface area (Å²) in [5.41, 5.74) is 1.20. The van der Waals surface area contributed by atoms with Gasteiger partial charge in [-0.2, -0.15) is 5.10 Å². The third-order valence-electron chi connectivity index (χ3n) is 4.26. The second-order valence-corrected chi connectivity index (χ2v) is 6.42. The van der Waals surface area contributed by atoms with Crippen molar-refractivity contribution in [1.82, 2.24) is 15.1 Å². The van der Waals surface area contributed by atoms with Crippen LogP contribution >= 0.6 is 0 Å². The molecule has 1 amide bonds. The highest BCUT2D eigenvalue weighted by atomic mass is 19.1. The number of hydrogen-bond acceptors (Lipinski definition) is 4. The SMILES string of the molecule is Cc1cc(C(=O)NC(Cc2ccccc2)C(=O)C(=O)O)n(-c2ccccc2F)n1. The number of nitrogens with zero attached hydrogens (tertiary/aromatic N) is 2. The molecule has 1 aromatic heterocycles. The predicted octanol–water partition coefficient (Wildman–Crippen LogP) is 2.31. The molecule has 3 rings (SSSR count). The summed E-state index contributed by atoms with van der Waals surface area (Å²) in [6.07, 6.45) is 0.00449. The van der Waals surface area contributed by atoms with Crippen LogP contribution in [-0.4, -0.2) is 38.6 Å². The number of carboxylic acid groups (broad SMARTS) is 1. The van der Waals surface area contributed by atoms with Gasteiger partial charge in [-0.15, -0.1) is 0 Å².